The Morgan fingerprint density at radius 2 is 1.71 bits per heavy atom. The summed E-state index contributed by atoms with van der Waals surface area (Å²) in [5.41, 5.74) is 1.22. The molecule has 1 amide bonds. The molecule has 0 radical (unpaired) electrons. The Labute approximate surface area is 177 Å². The zero-order valence-electron chi connectivity index (χ0n) is 17.0. The Morgan fingerprint density at radius 3 is 2.42 bits per heavy atom. The number of carbonyl (C=O) groups excluding carboxylic acids is 1. The minimum absolute atomic E-state index is 0.0271. The van der Waals surface area contributed by atoms with Gasteiger partial charge in [-0.2, -0.15) is 5.10 Å². The van der Waals surface area contributed by atoms with Crippen molar-refractivity contribution in [2.45, 2.75) is 25.9 Å². The molecule has 0 N–H and O–H groups in total. The molecule has 5 rings (SSSR count). The van der Waals surface area contributed by atoms with Gasteiger partial charge in [-0.25, -0.2) is 9.07 Å². The first-order valence-electron chi connectivity index (χ1n) is 10.2. The normalized spacial score (nSPS) is 19.4. The average molecular weight is 420 g/mol. The van der Waals surface area contributed by atoms with Crippen LogP contribution in [0.2, 0.25) is 0 Å². The van der Waals surface area contributed by atoms with E-state index in [9.17, 15) is 18.8 Å². The van der Waals surface area contributed by atoms with E-state index in [-0.39, 0.29) is 30.1 Å². The molecule has 0 spiro atoms. The van der Waals surface area contributed by atoms with E-state index >= 15 is 0 Å². The van der Waals surface area contributed by atoms with E-state index in [1.807, 2.05) is 31.2 Å². The van der Waals surface area contributed by atoms with E-state index in [2.05, 4.69) is 5.10 Å². The number of hydrogen-bond acceptors (Lipinski definition) is 4. The first-order chi connectivity index (χ1) is 14.9. The van der Waals surface area contributed by atoms with Crippen molar-refractivity contribution < 1.29 is 9.18 Å². The highest BCUT2D eigenvalue weighted by atomic mass is 19.1. The number of fused-ring (bicyclic) bond motifs is 3. The first-order valence-corrected chi connectivity index (χ1v) is 10.2. The molecule has 8 heteroatoms. The zero-order valence-corrected chi connectivity index (χ0v) is 17.0. The van der Waals surface area contributed by atoms with Crippen LogP contribution in [-0.2, 0) is 13.1 Å². The van der Waals surface area contributed by atoms with Crippen molar-refractivity contribution in [1.29, 1.82) is 0 Å². The largest absolute Gasteiger partial charge is 0.338 e. The van der Waals surface area contributed by atoms with Gasteiger partial charge in [0.2, 0.25) is 0 Å². The van der Waals surface area contributed by atoms with Crippen LogP contribution in [0.15, 0.2) is 58.1 Å². The predicted octanol–water partition coefficient (Wildman–Crippen LogP) is 1.77. The highest BCUT2D eigenvalue weighted by Gasteiger charge is 2.44. The summed E-state index contributed by atoms with van der Waals surface area (Å²) in [5, 5.41) is 4.53. The third-order valence-corrected chi connectivity index (χ3v) is 6.18. The van der Waals surface area contributed by atoms with Gasteiger partial charge in [0.15, 0.2) is 0 Å². The van der Waals surface area contributed by atoms with Gasteiger partial charge < -0.3 is 4.90 Å². The van der Waals surface area contributed by atoms with Gasteiger partial charge in [0, 0.05) is 37.0 Å². The van der Waals surface area contributed by atoms with Crippen molar-refractivity contribution in [3.05, 3.63) is 97.6 Å². The van der Waals surface area contributed by atoms with E-state index in [0.29, 0.717) is 31.0 Å². The molecule has 1 fully saturated rings. The molecule has 2 unspecified atom stereocenters. The summed E-state index contributed by atoms with van der Waals surface area (Å²) in [6.07, 6.45) is 0. The number of aryl methyl sites for hydroxylation is 1. The lowest BCUT2D eigenvalue weighted by Crippen LogP contribution is -2.44. The fourth-order valence-corrected chi connectivity index (χ4v) is 4.50. The maximum Gasteiger partial charge on any atom is 0.332 e. The maximum atomic E-state index is 13.2. The summed E-state index contributed by atoms with van der Waals surface area (Å²) in [6, 6.07) is 13.2. The third-order valence-electron chi connectivity index (χ3n) is 6.18. The molecule has 7 nitrogen and oxygen atoms in total. The number of nitrogens with zero attached hydrogens (tertiary/aromatic N) is 4. The smallest absolute Gasteiger partial charge is 0.332 e. The summed E-state index contributed by atoms with van der Waals surface area (Å²) in [6.45, 7) is 3.46. The molecule has 2 aromatic carbocycles. The number of amides is 1. The average Bonchev–Trinajstić information content (AvgIpc) is 3.32. The molecular formula is C23H21FN4O3. The van der Waals surface area contributed by atoms with Crippen LogP contribution in [-0.4, -0.2) is 38.2 Å². The van der Waals surface area contributed by atoms with Crippen LogP contribution >= 0.6 is 0 Å². The van der Waals surface area contributed by atoms with Gasteiger partial charge in [-0.15, -0.1) is 0 Å². The molecule has 1 aromatic heterocycles. The fourth-order valence-electron chi connectivity index (χ4n) is 4.50. The SMILES string of the molecule is Cc1ccc(Cn2nc3n(c(=O)c2=O)CC2CN(C(=O)c4ccc(F)cc4)CC32)cc1. The molecule has 3 heterocycles. The van der Waals surface area contributed by atoms with Crippen molar-refractivity contribution in [2.75, 3.05) is 13.1 Å². The van der Waals surface area contributed by atoms with Gasteiger partial charge in [0.05, 0.1) is 6.54 Å². The van der Waals surface area contributed by atoms with Crippen LogP contribution in [0.25, 0.3) is 0 Å². The minimum atomic E-state index is -0.636. The van der Waals surface area contributed by atoms with E-state index in [4.69, 9.17) is 0 Å². The second-order valence-electron chi connectivity index (χ2n) is 8.31. The fraction of sp³-hybridized carbons (Fsp3) is 0.304. The Hall–Kier alpha value is -3.55. The van der Waals surface area contributed by atoms with Gasteiger partial charge in [0.25, 0.3) is 5.91 Å². The van der Waals surface area contributed by atoms with E-state index in [1.54, 1.807) is 4.90 Å². The lowest BCUT2D eigenvalue weighted by molar-refractivity contribution is 0.0783. The number of aromatic nitrogens is 3. The number of benzene rings is 2. The van der Waals surface area contributed by atoms with Crippen LogP contribution in [0.4, 0.5) is 4.39 Å². The summed E-state index contributed by atoms with van der Waals surface area (Å²) in [5.74, 6) is -0.0903. The van der Waals surface area contributed by atoms with E-state index < -0.39 is 11.1 Å². The molecule has 0 saturated carbocycles. The third kappa shape index (κ3) is 3.37. The quantitative estimate of drug-likeness (QED) is 0.605. The topological polar surface area (TPSA) is 77.2 Å². The van der Waals surface area contributed by atoms with Crippen molar-refractivity contribution in [3.63, 3.8) is 0 Å². The first kappa shape index (κ1) is 19.4. The second kappa shape index (κ2) is 7.30. The summed E-state index contributed by atoms with van der Waals surface area (Å²) in [4.78, 5) is 39.8. The van der Waals surface area contributed by atoms with Gasteiger partial charge >= 0.3 is 11.1 Å². The zero-order chi connectivity index (χ0) is 21.7. The molecule has 3 aromatic rings. The standard InChI is InChI=1S/C23H21FN4O3/c1-14-2-4-15(5-3-14)10-28-23(31)22(30)27-12-17-11-26(13-19(17)20(27)25-28)21(29)16-6-8-18(24)9-7-16/h2-9,17,19H,10-13H2,1H3. The Balaban J connectivity index is 1.43. The second-order valence-corrected chi connectivity index (χ2v) is 8.31. The van der Waals surface area contributed by atoms with Crippen LogP contribution < -0.4 is 11.1 Å². The van der Waals surface area contributed by atoms with Gasteiger partial charge in [0.1, 0.15) is 11.6 Å². The Kier molecular flexibility index (Phi) is 4.57. The van der Waals surface area contributed by atoms with Crippen LogP contribution in [0.1, 0.15) is 33.2 Å². The molecule has 2 aliphatic rings. The molecular weight excluding hydrogens is 399 g/mol. The van der Waals surface area contributed by atoms with Crippen LogP contribution in [0.3, 0.4) is 0 Å². The van der Waals surface area contributed by atoms with Gasteiger partial charge in [-0.05, 0) is 36.8 Å². The van der Waals surface area contributed by atoms with E-state index in [0.717, 1.165) is 11.1 Å². The van der Waals surface area contributed by atoms with Crippen molar-refractivity contribution in [1.82, 2.24) is 19.2 Å². The van der Waals surface area contributed by atoms with E-state index in [1.165, 1.54) is 33.5 Å². The summed E-state index contributed by atoms with van der Waals surface area (Å²) >= 11 is 0. The maximum absolute atomic E-state index is 13.2. The lowest BCUT2D eigenvalue weighted by Gasteiger charge is -2.18. The van der Waals surface area contributed by atoms with Gasteiger partial charge in [-0.1, -0.05) is 29.8 Å². The summed E-state index contributed by atoms with van der Waals surface area (Å²) < 4.78 is 15.9. The lowest BCUT2D eigenvalue weighted by atomic mass is 10.00. The Morgan fingerprint density at radius 1 is 1.00 bits per heavy atom. The van der Waals surface area contributed by atoms with Gasteiger partial charge in [-0.3, -0.25) is 19.0 Å². The number of carbonyl (C=O) groups is 1. The molecule has 0 aliphatic carbocycles. The van der Waals surface area contributed by atoms with Crippen LogP contribution in [0.5, 0.6) is 0 Å². The van der Waals surface area contributed by atoms with Crippen molar-refractivity contribution in [3.8, 4) is 0 Å². The van der Waals surface area contributed by atoms with Crippen molar-refractivity contribution >= 4 is 5.91 Å². The Bertz CT molecular complexity index is 1280. The molecule has 2 atom stereocenters. The predicted molar refractivity (Wildman–Crippen MR) is 112 cm³/mol. The van der Waals surface area contributed by atoms with Crippen LogP contribution in [0, 0.1) is 18.7 Å². The number of halogens is 1. The van der Waals surface area contributed by atoms with Crippen molar-refractivity contribution in [2.24, 2.45) is 5.92 Å². The molecule has 0 bridgehead atoms. The molecule has 2 aliphatic heterocycles. The summed E-state index contributed by atoms with van der Waals surface area (Å²) in [7, 11) is 0. The minimum Gasteiger partial charge on any atom is -0.338 e. The highest BCUT2D eigenvalue weighted by molar-refractivity contribution is 5.94. The number of hydrogen-bond donors (Lipinski definition) is 0. The highest BCUT2D eigenvalue weighted by Crippen LogP contribution is 2.37. The molecule has 158 valence electrons. The molecule has 31 heavy (non-hydrogen) atoms. The monoisotopic (exact) mass is 420 g/mol. The molecule has 1 saturated heterocycles. The number of rotatable bonds is 3. The number of likely N-dealkylation sites (tertiary alicyclic amines) is 1.